The van der Waals surface area contributed by atoms with Crippen LogP contribution in [0.15, 0.2) is 13.8 Å². The first-order valence-corrected chi connectivity index (χ1v) is 7.40. The van der Waals surface area contributed by atoms with Crippen LogP contribution in [0.4, 0.5) is 21.0 Å². The van der Waals surface area contributed by atoms with Crippen molar-refractivity contribution in [3.05, 3.63) is 0 Å². The maximum Gasteiger partial charge on any atom is 0.420 e. The molecule has 0 bridgehead atoms. The van der Waals surface area contributed by atoms with Crippen molar-refractivity contribution in [3.63, 3.8) is 0 Å². The van der Waals surface area contributed by atoms with E-state index in [4.69, 9.17) is 0 Å². The van der Waals surface area contributed by atoms with Crippen LogP contribution >= 0.6 is 24.3 Å². The predicted octanol–water partition coefficient (Wildman–Crippen LogP) is 5.69. The molecule has 0 aromatic rings. The SMILES string of the molecule is C=NP(F)(F)=NP(F)(=NP(F)F)OCC. The maximum absolute atomic E-state index is 13.3. The van der Waals surface area contributed by atoms with E-state index >= 15 is 0 Å². The number of rotatable bonds is 5. The van der Waals surface area contributed by atoms with Crippen molar-refractivity contribution in [3.8, 4) is 0 Å². The zero-order chi connectivity index (χ0) is 12.1. The van der Waals surface area contributed by atoms with Gasteiger partial charge < -0.3 is 4.52 Å². The van der Waals surface area contributed by atoms with Crippen LogP contribution in [-0.2, 0) is 4.52 Å². The van der Waals surface area contributed by atoms with Gasteiger partial charge in [-0.2, -0.15) is 12.6 Å². The molecule has 0 aromatic heterocycles. The van der Waals surface area contributed by atoms with Crippen molar-refractivity contribution < 1.29 is 25.5 Å². The molecular weight excluding hydrogens is 282 g/mol. The molecule has 0 aromatic carbocycles. The van der Waals surface area contributed by atoms with Crippen LogP contribution in [0.2, 0.25) is 0 Å². The Balaban J connectivity index is 5.33. The number of hydrogen-bond acceptors (Lipinski definition) is 2. The van der Waals surface area contributed by atoms with Gasteiger partial charge in [0.1, 0.15) is 0 Å². The first-order chi connectivity index (χ1) is 6.74. The van der Waals surface area contributed by atoms with E-state index in [0.29, 0.717) is 0 Å². The molecule has 0 heterocycles. The summed E-state index contributed by atoms with van der Waals surface area (Å²) in [6.07, 6.45) is 0. The monoisotopic (exact) mass is 289 g/mol. The minimum absolute atomic E-state index is 0.391. The summed E-state index contributed by atoms with van der Waals surface area (Å²) in [7, 11) is -14.4. The topological polar surface area (TPSA) is 46.3 Å². The fourth-order valence-electron chi connectivity index (χ4n) is 0.478. The van der Waals surface area contributed by atoms with Crippen molar-refractivity contribution in [2.24, 2.45) is 13.8 Å². The highest BCUT2D eigenvalue weighted by Gasteiger charge is 2.28. The lowest BCUT2D eigenvalue weighted by Gasteiger charge is -2.09. The van der Waals surface area contributed by atoms with Crippen molar-refractivity contribution >= 4 is 31.0 Å². The number of nitrogens with zero attached hydrogens (tertiary/aromatic N) is 3. The minimum Gasteiger partial charge on any atom is -0.303 e. The van der Waals surface area contributed by atoms with E-state index in [2.05, 4.69) is 25.0 Å². The second-order valence-corrected chi connectivity index (χ2v) is 6.14. The first kappa shape index (κ1) is 15.2. The fourth-order valence-corrected chi connectivity index (χ4v) is 3.64. The highest BCUT2D eigenvalue weighted by Crippen LogP contribution is 2.71. The average Bonchev–Trinajstić information content (AvgIpc) is 2.01. The Bertz CT molecular complexity index is 327. The Morgan fingerprint density at radius 3 is 2.20 bits per heavy atom. The molecule has 1 unspecified atom stereocenters. The summed E-state index contributed by atoms with van der Waals surface area (Å²) in [6, 6.07) is 0. The normalized spacial score (nSPS) is 15.9. The largest absolute Gasteiger partial charge is 0.420 e. The molecule has 90 valence electrons. The summed E-state index contributed by atoms with van der Waals surface area (Å²) in [5, 5.41) is 0. The summed E-state index contributed by atoms with van der Waals surface area (Å²) < 4.78 is 72.7. The Morgan fingerprint density at radius 2 is 1.87 bits per heavy atom. The van der Waals surface area contributed by atoms with Crippen molar-refractivity contribution in [1.29, 1.82) is 0 Å². The molecule has 12 heteroatoms. The van der Waals surface area contributed by atoms with Crippen LogP contribution < -0.4 is 0 Å². The van der Waals surface area contributed by atoms with E-state index in [-0.39, 0.29) is 0 Å². The first-order valence-electron chi connectivity index (χ1n) is 3.34. The fraction of sp³-hybridized carbons (Fsp3) is 0.667. The number of halogens is 5. The third-order valence-electron chi connectivity index (χ3n) is 0.859. The van der Waals surface area contributed by atoms with E-state index in [1.807, 2.05) is 0 Å². The van der Waals surface area contributed by atoms with Crippen molar-refractivity contribution in [2.45, 2.75) is 6.92 Å². The molecule has 0 saturated carbocycles. The Hall–Kier alpha value is 0.170. The standard InChI is InChI=1S/C3H7F5N3OP3/c1-3-12-15(8,10-13(4)5)11-14(6,7)9-2/h2-3H2,1H3. The minimum atomic E-state index is -5.36. The molecule has 0 saturated heterocycles. The lowest BCUT2D eigenvalue weighted by Crippen LogP contribution is -1.80. The third kappa shape index (κ3) is 6.36. The molecule has 4 nitrogen and oxygen atoms in total. The van der Waals surface area contributed by atoms with Crippen LogP contribution in [0.3, 0.4) is 0 Å². The lowest BCUT2D eigenvalue weighted by molar-refractivity contribution is 0.348. The highest BCUT2D eigenvalue weighted by molar-refractivity contribution is 7.69. The van der Waals surface area contributed by atoms with Crippen LogP contribution in [0.25, 0.3) is 0 Å². The molecule has 0 fully saturated rings. The molecular formula is C3H7F5N3OP3. The van der Waals surface area contributed by atoms with E-state index < -0.39 is 30.9 Å². The van der Waals surface area contributed by atoms with Crippen LogP contribution in [0.1, 0.15) is 6.92 Å². The summed E-state index contributed by atoms with van der Waals surface area (Å²) in [5.74, 6) is 0. The van der Waals surface area contributed by atoms with Gasteiger partial charge in [0.2, 0.25) is 0 Å². The molecule has 0 rings (SSSR count). The quantitative estimate of drug-likeness (QED) is 0.364. The summed E-state index contributed by atoms with van der Waals surface area (Å²) in [6.45, 7) is 3.34. The van der Waals surface area contributed by atoms with Crippen LogP contribution in [0, 0.1) is 0 Å². The van der Waals surface area contributed by atoms with Gasteiger partial charge in [-0.15, -0.1) is 17.4 Å². The zero-order valence-corrected chi connectivity index (χ0v) is 10.1. The molecule has 0 radical (unpaired) electrons. The molecule has 0 aliphatic rings. The third-order valence-corrected chi connectivity index (χ3v) is 4.95. The second-order valence-electron chi connectivity index (χ2n) is 1.88. The predicted molar refractivity (Wildman–Crippen MR) is 52.3 cm³/mol. The van der Waals surface area contributed by atoms with Crippen LogP contribution in [0.5, 0.6) is 0 Å². The van der Waals surface area contributed by atoms with Crippen LogP contribution in [-0.4, -0.2) is 13.3 Å². The van der Waals surface area contributed by atoms with Gasteiger partial charge in [0, 0.05) is 0 Å². The Kier molecular flexibility index (Phi) is 6.11. The van der Waals surface area contributed by atoms with Gasteiger partial charge in [-0.25, -0.2) is 4.76 Å². The molecule has 1 atom stereocenters. The van der Waals surface area contributed by atoms with Gasteiger partial charge in [0.15, 0.2) is 0 Å². The average molecular weight is 289 g/mol. The van der Waals surface area contributed by atoms with Gasteiger partial charge in [-0.05, 0) is 13.6 Å². The molecule has 0 N–H and O–H groups in total. The summed E-state index contributed by atoms with van der Waals surface area (Å²) in [4.78, 5) is 0. The van der Waals surface area contributed by atoms with E-state index in [0.717, 1.165) is 0 Å². The smallest absolute Gasteiger partial charge is 0.303 e. The molecule has 0 spiro atoms. The lowest BCUT2D eigenvalue weighted by atomic mass is 10.9. The summed E-state index contributed by atoms with van der Waals surface area (Å²) >= 11 is 0. The summed E-state index contributed by atoms with van der Waals surface area (Å²) in [5.41, 5.74) is 0. The van der Waals surface area contributed by atoms with Gasteiger partial charge in [-0.3, -0.25) is 0 Å². The van der Waals surface area contributed by atoms with E-state index in [1.54, 1.807) is 0 Å². The van der Waals surface area contributed by atoms with Gasteiger partial charge >= 0.3 is 24.3 Å². The van der Waals surface area contributed by atoms with Gasteiger partial charge in [0.25, 0.3) is 0 Å². The zero-order valence-electron chi connectivity index (χ0n) is 7.40. The maximum atomic E-state index is 13.3. The molecule has 0 aliphatic carbocycles. The Labute approximate surface area is 84.7 Å². The van der Waals surface area contributed by atoms with Gasteiger partial charge in [0.05, 0.1) is 6.61 Å². The van der Waals surface area contributed by atoms with E-state index in [1.165, 1.54) is 6.92 Å². The molecule has 0 amide bonds. The van der Waals surface area contributed by atoms with Crippen molar-refractivity contribution in [2.75, 3.05) is 6.61 Å². The second kappa shape index (κ2) is 6.04. The van der Waals surface area contributed by atoms with Crippen molar-refractivity contribution in [1.82, 2.24) is 0 Å². The highest BCUT2D eigenvalue weighted by atomic mass is 31.3. The van der Waals surface area contributed by atoms with Gasteiger partial charge in [-0.1, -0.05) is 0 Å². The Morgan fingerprint density at radius 1 is 1.33 bits per heavy atom. The molecule has 0 aliphatic heterocycles. The van der Waals surface area contributed by atoms with E-state index in [9.17, 15) is 21.0 Å². The number of hydrogen-bond donors (Lipinski definition) is 0. The molecule has 15 heavy (non-hydrogen) atoms.